The largest absolute Gasteiger partial charge is 0.493 e. The number of carbonyl (C=O) groups excluding carboxylic acids is 1. The molecular weight excluding hydrogens is 216 g/mol. The van der Waals surface area contributed by atoms with E-state index in [1.54, 1.807) is 32.2 Å². The van der Waals surface area contributed by atoms with Gasteiger partial charge >= 0.3 is 0 Å². The van der Waals surface area contributed by atoms with Crippen LogP contribution in [-0.2, 0) is 4.79 Å². The Balaban J connectivity index is 2.91. The summed E-state index contributed by atoms with van der Waals surface area (Å²) in [6, 6.07) is 5.35. The number of methoxy groups -OCH3 is 1. The first kappa shape index (κ1) is 12.9. The van der Waals surface area contributed by atoms with E-state index in [0.29, 0.717) is 24.4 Å². The number of allylic oxidation sites excluding steroid dienone is 1. The molecule has 0 saturated heterocycles. The van der Waals surface area contributed by atoms with Crippen molar-refractivity contribution in [2.75, 3.05) is 13.7 Å². The van der Waals surface area contributed by atoms with Crippen LogP contribution in [0.1, 0.15) is 12.5 Å². The molecule has 1 aromatic carbocycles. The van der Waals surface area contributed by atoms with Gasteiger partial charge in [-0.3, -0.25) is 4.79 Å². The van der Waals surface area contributed by atoms with Crippen LogP contribution in [0, 0.1) is 17.9 Å². The Labute approximate surface area is 101 Å². The van der Waals surface area contributed by atoms with Crippen LogP contribution in [0.3, 0.4) is 0 Å². The van der Waals surface area contributed by atoms with Gasteiger partial charge in [0.05, 0.1) is 7.11 Å². The van der Waals surface area contributed by atoms with Gasteiger partial charge < -0.3 is 9.47 Å². The van der Waals surface area contributed by atoms with E-state index in [1.807, 2.05) is 6.07 Å². The Morgan fingerprint density at radius 3 is 2.82 bits per heavy atom. The van der Waals surface area contributed by atoms with Gasteiger partial charge in [-0.15, -0.1) is 5.92 Å². The van der Waals surface area contributed by atoms with Gasteiger partial charge in [0.1, 0.15) is 6.61 Å². The summed E-state index contributed by atoms with van der Waals surface area (Å²) in [7, 11) is 1.57. The third-order valence-corrected chi connectivity index (χ3v) is 1.98. The molecule has 0 bridgehead atoms. The minimum absolute atomic E-state index is 0.303. The van der Waals surface area contributed by atoms with E-state index in [4.69, 9.17) is 9.47 Å². The minimum Gasteiger partial charge on any atom is -0.493 e. The molecule has 0 unspecified atom stereocenters. The summed E-state index contributed by atoms with van der Waals surface area (Å²) in [6.45, 7) is 2.05. The quantitative estimate of drug-likeness (QED) is 0.440. The molecule has 0 aromatic heterocycles. The molecule has 3 heteroatoms. The van der Waals surface area contributed by atoms with Crippen molar-refractivity contribution >= 4 is 12.4 Å². The van der Waals surface area contributed by atoms with Crippen molar-refractivity contribution in [2.45, 2.75) is 6.92 Å². The maximum absolute atomic E-state index is 10.2. The normalized spacial score (nSPS) is 9.53. The topological polar surface area (TPSA) is 35.5 Å². The van der Waals surface area contributed by atoms with Gasteiger partial charge in [0.15, 0.2) is 17.8 Å². The average molecular weight is 229 g/mol. The van der Waals surface area contributed by atoms with Gasteiger partial charge in [0.2, 0.25) is 0 Å². The number of ether oxygens (including phenoxy) is 2. The Morgan fingerprint density at radius 2 is 2.18 bits per heavy atom. The van der Waals surface area contributed by atoms with Crippen LogP contribution >= 0.6 is 0 Å². The van der Waals surface area contributed by atoms with Gasteiger partial charge in [-0.1, -0.05) is 12.0 Å². The van der Waals surface area contributed by atoms with Crippen LogP contribution in [0.4, 0.5) is 0 Å². The first-order chi connectivity index (χ1) is 8.31. The molecule has 0 amide bonds. The maximum atomic E-state index is 10.2. The minimum atomic E-state index is 0.303. The van der Waals surface area contributed by atoms with Crippen molar-refractivity contribution in [1.82, 2.24) is 0 Å². The van der Waals surface area contributed by atoms with Crippen LogP contribution in [-0.4, -0.2) is 20.0 Å². The SMILES string of the molecule is CC#CCOc1cc(/C=[C]/C=O)ccc1OC. The molecule has 0 N–H and O–H groups in total. The average Bonchev–Trinajstić information content (AvgIpc) is 2.37. The fraction of sp³-hybridized carbons (Fsp3) is 0.214. The second-order valence-corrected chi connectivity index (χ2v) is 3.05. The fourth-order valence-corrected chi connectivity index (χ4v) is 1.21. The van der Waals surface area contributed by atoms with E-state index < -0.39 is 0 Å². The lowest BCUT2D eigenvalue weighted by molar-refractivity contribution is -0.104. The molecule has 0 spiro atoms. The zero-order valence-electron chi connectivity index (χ0n) is 9.82. The second kappa shape index (κ2) is 7.13. The predicted octanol–water partition coefficient (Wildman–Crippen LogP) is 2.11. The third-order valence-electron chi connectivity index (χ3n) is 1.98. The van der Waals surface area contributed by atoms with Crippen molar-refractivity contribution in [3.8, 4) is 23.3 Å². The van der Waals surface area contributed by atoms with Crippen LogP contribution in [0.25, 0.3) is 6.08 Å². The van der Waals surface area contributed by atoms with Gasteiger partial charge in [-0.25, -0.2) is 0 Å². The summed E-state index contributed by atoms with van der Waals surface area (Å²) in [5.41, 5.74) is 0.817. The van der Waals surface area contributed by atoms with Gasteiger partial charge in [0.25, 0.3) is 0 Å². The zero-order chi connectivity index (χ0) is 12.5. The Hall–Kier alpha value is -2.21. The molecule has 0 atom stereocenters. The lowest BCUT2D eigenvalue weighted by atomic mass is 10.2. The van der Waals surface area contributed by atoms with E-state index in [0.717, 1.165) is 5.56 Å². The molecule has 0 aliphatic heterocycles. The van der Waals surface area contributed by atoms with Crippen molar-refractivity contribution in [2.24, 2.45) is 0 Å². The smallest absolute Gasteiger partial charge is 0.163 e. The summed E-state index contributed by atoms with van der Waals surface area (Å²) in [4.78, 5) is 10.2. The van der Waals surface area contributed by atoms with Crippen molar-refractivity contribution < 1.29 is 14.3 Å². The summed E-state index contributed by atoms with van der Waals surface area (Å²) in [6.07, 6.45) is 4.65. The molecule has 0 fully saturated rings. The summed E-state index contributed by atoms with van der Waals surface area (Å²) in [5, 5.41) is 0. The molecular formula is C14H13O3. The highest BCUT2D eigenvalue weighted by atomic mass is 16.5. The monoisotopic (exact) mass is 229 g/mol. The molecule has 1 rings (SSSR count). The van der Waals surface area contributed by atoms with Gasteiger partial charge in [0, 0.05) is 6.08 Å². The van der Waals surface area contributed by atoms with Gasteiger partial charge in [-0.2, -0.15) is 0 Å². The molecule has 0 aliphatic rings. The Kier molecular flexibility index (Phi) is 5.39. The first-order valence-electron chi connectivity index (χ1n) is 5.05. The van der Waals surface area contributed by atoms with E-state index in [9.17, 15) is 4.79 Å². The fourth-order valence-electron chi connectivity index (χ4n) is 1.21. The Bertz CT molecular complexity index is 464. The molecule has 3 nitrogen and oxygen atoms in total. The van der Waals surface area contributed by atoms with Gasteiger partial charge in [-0.05, 0) is 30.7 Å². The number of carbonyl (C=O) groups is 1. The molecule has 17 heavy (non-hydrogen) atoms. The standard InChI is InChI=1S/C14H13O3/c1-3-4-10-17-14-11-12(6-5-9-15)7-8-13(14)16-2/h6-9,11H,10H2,1-2H3. The first-order valence-corrected chi connectivity index (χ1v) is 5.05. The van der Waals surface area contributed by atoms with Crippen LogP contribution in [0.2, 0.25) is 0 Å². The molecule has 0 aliphatic carbocycles. The zero-order valence-corrected chi connectivity index (χ0v) is 9.82. The summed E-state index contributed by atoms with van der Waals surface area (Å²) in [5.74, 6) is 6.77. The highest BCUT2D eigenvalue weighted by Crippen LogP contribution is 2.28. The molecule has 1 radical (unpaired) electrons. The second-order valence-electron chi connectivity index (χ2n) is 3.05. The highest BCUT2D eigenvalue weighted by Gasteiger charge is 2.03. The summed E-state index contributed by atoms with van der Waals surface area (Å²) < 4.78 is 10.6. The number of rotatable bonds is 5. The van der Waals surface area contributed by atoms with Crippen LogP contribution in [0.5, 0.6) is 11.5 Å². The highest BCUT2D eigenvalue weighted by molar-refractivity contribution is 5.69. The number of hydrogen-bond acceptors (Lipinski definition) is 3. The number of aldehydes is 1. The van der Waals surface area contributed by atoms with Crippen LogP contribution < -0.4 is 9.47 Å². The number of hydrogen-bond donors (Lipinski definition) is 0. The van der Waals surface area contributed by atoms with E-state index in [2.05, 4.69) is 17.9 Å². The van der Waals surface area contributed by atoms with Crippen molar-refractivity contribution in [1.29, 1.82) is 0 Å². The molecule has 0 heterocycles. The van der Waals surface area contributed by atoms with Crippen LogP contribution in [0.15, 0.2) is 18.2 Å². The summed E-state index contributed by atoms with van der Waals surface area (Å²) >= 11 is 0. The third kappa shape index (κ3) is 4.04. The van der Waals surface area contributed by atoms with E-state index >= 15 is 0 Å². The predicted molar refractivity (Wildman–Crippen MR) is 65.7 cm³/mol. The Morgan fingerprint density at radius 1 is 1.35 bits per heavy atom. The molecule has 87 valence electrons. The lowest BCUT2D eigenvalue weighted by Gasteiger charge is -2.09. The van der Waals surface area contributed by atoms with Crippen molar-refractivity contribution in [3.63, 3.8) is 0 Å². The number of benzene rings is 1. The molecule has 0 saturated carbocycles. The van der Waals surface area contributed by atoms with E-state index in [-0.39, 0.29) is 0 Å². The maximum Gasteiger partial charge on any atom is 0.163 e. The van der Waals surface area contributed by atoms with Crippen molar-refractivity contribution in [3.05, 3.63) is 29.8 Å². The lowest BCUT2D eigenvalue weighted by Crippen LogP contribution is -1.97. The van der Waals surface area contributed by atoms with E-state index in [1.165, 1.54) is 0 Å². The molecule has 1 aromatic rings.